The number of imidazole rings is 1. The van der Waals surface area contributed by atoms with Crippen LogP contribution in [-0.4, -0.2) is 24.5 Å². The summed E-state index contributed by atoms with van der Waals surface area (Å²) in [6.45, 7) is 2.00. The van der Waals surface area contributed by atoms with Crippen LogP contribution in [0.5, 0.6) is 0 Å². The van der Waals surface area contributed by atoms with Crippen molar-refractivity contribution in [2.75, 3.05) is 10.7 Å². The third kappa shape index (κ3) is 2.79. The molecule has 3 rings (SSSR count). The summed E-state index contributed by atoms with van der Waals surface area (Å²) in [7, 11) is 0. The van der Waals surface area contributed by atoms with E-state index in [0.29, 0.717) is 11.9 Å². The first-order valence-corrected chi connectivity index (χ1v) is 6.30. The minimum atomic E-state index is 0.268. The fraction of sp³-hybridized carbons (Fsp3) is 0.0769. The van der Waals surface area contributed by atoms with Crippen LogP contribution in [0.3, 0.4) is 0 Å². The quantitative estimate of drug-likeness (QED) is 0.490. The predicted octanol–water partition coefficient (Wildman–Crippen LogP) is 1.39. The number of hydrazine groups is 1. The average Bonchev–Trinajstić information content (AvgIpc) is 3.04. The van der Waals surface area contributed by atoms with Crippen LogP contribution in [0.15, 0.2) is 43.0 Å². The molecule has 0 aliphatic carbocycles. The standard InChI is InChI=1S/C13H14N8/c1-9-4-2-3-5-10(9)16-11-17-12(20-14)19-13(18-11)21-7-6-15-8-21/h2-8H,14H2,1H3,(H2,16,17,18,19,20). The van der Waals surface area contributed by atoms with Crippen LogP contribution in [0.4, 0.5) is 17.6 Å². The van der Waals surface area contributed by atoms with Gasteiger partial charge in [0.2, 0.25) is 17.8 Å². The molecule has 1 aromatic carbocycles. The van der Waals surface area contributed by atoms with E-state index in [0.717, 1.165) is 11.3 Å². The van der Waals surface area contributed by atoms with Gasteiger partial charge < -0.3 is 5.32 Å². The molecule has 0 radical (unpaired) electrons. The summed E-state index contributed by atoms with van der Waals surface area (Å²) in [5, 5.41) is 3.16. The van der Waals surface area contributed by atoms with Crippen molar-refractivity contribution in [2.24, 2.45) is 5.84 Å². The Morgan fingerprint density at radius 3 is 2.62 bits per heavy atom. The first kappa shape index (κ1) is 13.0. The monoisotopic (exact) mass is 282 g/mol. The summed E-state index contributed by atoms with van der Waals surface area (Å²) in [5.41, 5.74) is 4.44. The second-order valence-corrected chi connectivity index (χ2v) is 4.34. The summed E-state index contributed by atoms with van der Waals surface area (Å²) in [4.78, 5) is 16.7. The number of nitrogens with one attached hydrogen (secondary N) is 2. The van der Waals surface area contributed by atoms with Gasteiger partial charge in [0, 0.05) is 18.1 Å². The van der Waals surface area contributed by atoms with E-state index in [-0.39, 0.29) is 5.95 Å². The summed E-state index contributed by atoms with van der Waals surface area (Å²) < 4.78 is 1.67. The fourth-order valence-electron chi connectivity index (χ4n) is 1.81. The molecule has 0 spiro atoms. The number of rotatable bonds is 4. The van der Waals surface area contributed by atoms with Gasteiger partial charge in [0.1, 0.15) is 6.33 Å². The lowest BCUT2D eigenvalue weighted by Crippen LogP contribution is -2.14. The van der Waals surface area contributed by atoms with Crippen LogP contribution in [0.1, 0.15) is 5.56 Å². The average molecular weight is 282 g/mol. The number of nitrogens with zero attached hydrogens (tertiary/aromatic N) is 5. The molecule has 0 bridgehead atoms. The Labute approximate surface area is 121 Å². The SMILES string of the molecule is Cc1ccccc1Nc1nc(NN)nc(-n2ccnc2)n1. The third-order valence-corrected chi connectivity index (χ3v) is 2.88. The molecule has 3 aromatic rings. The fourth-order valence-corrected chi connectivity index (χ4v) is 1.81. The summed E-state index contributed by atoms with van der Waals surface area (Å²) in [5.74, 6) is 6.50. The summed E-state index contributed by atoms with van der Waals surface area (Å²) >= 11 is 0. The van der Waals surface area contributed by atoms with Crippen molar-refractivity contribution in [3.05, 3.63) is 48.5 Å². The highest BCUT2D eigenvalue weighted by Gasteiger charge is 2.08. The van der Waals surface area contributed by atoms with Gasteiger partial charge in [-0.05, 0) is 18.6 Å². The zero-order chi connectivity index (χ0) is 14.7. The zero-order valence-corrected chi connectivity index (χ0v) is 11.4. The van der Waals surface area contributed by atoms with E-state index in [1.54, 1.807) is 23.3 Å². The van der Waals surface area contributed by atoms with Crippen molar-refractivity contribution in [2.45, 2.75) is 6.92 Å². The van der Waals surface area contributed by atoms with Gasteiger partial charge in [0.05, 0.1) is 0 Å². The number of hydrogen-bond donors (Lipinski definition) is 3. The Balaban J connectivity index is 1.99. The molecule has 0 atom stereocenters. The van der Waals surface area contributed by atoms with Gasteiger partial charge in [-0.25, -0.2) is 10.8 Å². The molecule has 2 heterocycles. The number of aryl methyl sites for hydroxylation is 1. The molecular weight excluding hydrogens is 268 g/mol. The maximum Gasteiger partial charge on any atom is 0.243 e. The molecule has 0 aliphatic heterocycles. The molecule has 0 aliphatic rings. The topological polar surface area (TPSA) is 107 Å². The van der Waals surface area contributed by atoms with Gasteiger partial charge in [-0.1, -0.05) is 18.2 Å². The van der Waals surface area contributed by atoms with E-state index in [4.69, 9.17) is 5.84 Å². The van der Waals surface area contributed by atoms with Crippen LogP contribution in [0, 0.1) is 6.92 Å². The summed E-state index contributed by atoms with van der Waals surface area (Å²) in [6.07, 6.45) is 4.99. The smallest absolute Gasteiger partial charge is 0.243 e. The lowest BCUT2D eigenvalue weighted by molar-refractivity contribution is 0.898. The van der Waals surface area contributed by atoms with Crippen LogP contribution in [0.25, 0.3) is 5.95 Å². The maximum atomic E-state index is 5.41. The number of nitrogen functional groups attached to an aromatic ring is 1. The van der Waals surface area contributed by atoms with Gasteiger partial charge in [-0.3, -0.25) is 9.99 Å². The number of hydrogen-bond acceptors (Lipinski definition) is 7. The molecule has 106 valence electrons. The van der Waals surface area contributed by atoms with Crippen molar-refractivity contribution < 1.29 is 0 Å². The molecule has 0 saturated heterocycles. The minimum Gasteiger partial charge on any atom is -0.324 e. The van der Waals surface area contributed by atoms with E-state index < -0.39 is 0 Å². The minimum absolute atomic E-state index is 0.268. The lowest BCUT2D eigenvalue weighted by atomic mass is 10.2. The van der Waals surface area contributed by atoms with Crippen LogP contribution in [0.2, 0.25) is 0 Å². The predicted molar refractivity (Wildman–Crippen MR) is 79.2 cm³/mol. The van der Waals surface area contributed by atoms with E-state index in [1.807, 2.05) is 31.2 Å². The van der Waals surface area contributed by atoms with Gasteiger partial charge >= 0.3 is 0 Å². The van der Waals surface area contributed by atoms with E-state index >= 15 is 0 Å². The van der Waals surface area contributed by atoms with E-state index in [9.17, 15) is 0 Å². The Hall–Kier alpha value is -3.00. The van der Waals surface area contributed by atoms with Gasteiger partial charge in [0.15, 0.2) is 0 Å². The first-order valence-electron chi connectivity index (χ1n) is 6.30. The van der Waals surface area contributed by atoms with Crippen LogP contribution >= 0.6 is 0 Å². The molecule has 2 aromatic heterocycles. The molecule has 0 saturated carbocycles. The number of aromatic nitrogens is 5. The number of benzene rings is 1. The first-order chi connectivity index (χ1) is 10.3. The second kappa shape index (κ2) is 5.55. The molecule has 21 heavy (non-hydrogen) atoms. The Bertz CT molecular complexity index is 738. The van der Waals surface area contributed by atoms with E-state index in [1.165, 1.54) is 0 Å². The summed E-state index contributed by atoms with van der Waals surface area (Å²) in [6, 6.07) is 7.86. The Morgan fingerprint density at radius 1 is 1.10 bits per heavy atom. The normalized spacial score (nSPS) is 10.4. The molecule has 0 fully saturated rings. The molecule has 8 heteroatoms. The Morgan fingerprint density at radius 2 is 1.90 bits per heavy atom. The highest BCUT2D eigenvalue weighted by Crippen LogP contribution is 2.18. The number of anilines is 3. The van der Waals surface area contributed by atoms with Crippen LogP contribution in [-0.2, 0) is 0 Å². The molecule has 4 N–H and O–H groups in total. The molecule has 0 amide bonds. The van der Waals surface area contributed by atoms with Crippen molar-refractivity contribution >= 4 is 17.6 Å². The highest BCUT2D eigenvalue weighted by atomic mass is 15.4. The van der Waals surface area contributed by atoms with Crippen LogP contribution < -0.4 is 16.6 Å². The lowest BCUT2D eigenvalue weighted by Gasteiger charge is -2.10. The maximum absolute atomic E-state index is 5.41. The van der Waals surface area contributed by atoms with Gasteiger partial charge in [-0.2, -0.15) is 15.0 Å². The molecule has 8 nitrogen and oxygen atoms in total. The molecule has 0 unspecified atom stereocenters. The van der Waals surface area contributed by atoms with Crippen molar-refractivity contribution in [3.8, 4) is 5.95 Å². The Kier molecular flexibility index (Phi) is 3.44. The van der Waals surface area contributed by atoms with Crippen molar-refractivity contribution in [1.29, 1.82) is 0 Å². The van der Waals surface area contributed by atoms with Gasteiger partial charge in [0.25, 0.3) is 0 Å². The number of nitrogens with two attached hydrogens (primary N) is 1. The number of para-hydroxylation sites is 1. The molecular formula is C13H14N8. The van der Waals surface area contributed by atoms with E-state index in [2.05, 4.69) is 30.7 Å². The highest BCUT2D eigenvalue weighted by molar-refractivity contribution is 5.58. The third-order valence-electron chi connectivity index (χ3n) is 2.88. The second-order valence-electron chi connectivity index (χ2n) is 4.34. The van der Waals surface area contributed by atoms with Gasteiger partial charge in [-0.15, -0.1) is 0 Å². The largest absolute Gasteiger partial charge is 0.324 e. The van der Waals surface area contributed by atoms with Crippen molar-refractivity contribution in [3.63, 3.8) is 0 Å². The van der Waals surface area contributed by atoms with Crippen molar-refractivity contribution in [1.82, 2.24) is 24.5 Å². The zero-order valence-electron chi connectivity index (χ0n) is 11.4.